The number of aromatic nitrogens is 2. The summed E-state index contributed by atoms with van der Waals surface area (Å²) in [7, 11) is 0. The molecule has 1 saturated heterocycles. The van der Waals surface area contributed by atoms with E-state index in [0.29, 0.717) is 37.5 Å². The summed E-state index contributed by atoms with van der Waals surface area (Å²) in [6, 6.07) is 4.02. The number of piperidine rings is 1. The summed E-state index contributed by atoms with van der Waals surface area (Å²) in [5.74, 6) is 0.445. The molecule has 2 amide bonds. The van der Waals surface area contributed by atoms with Gasteiger partial charge in [0.25, 0.3) is 0 Å². The Morgan fingerprint density at radius 3 is 2.42 bits per heavy atom. The number of likely N-dealkylation sites (tertiary alicyclic amines) is 1. The summed E-state index contributed by atoms with van der Waals surface area (Å²) in [5.41, 5.74) is -0.432. The number of halogens is 3. The molecule has 0 spiro atoms. The van der Waals surface area contributed by atoms with Crippen molar-refractivity contribution in [2.45, 2.75) is 25.1 Å². The van der Waals surface area contributed by atoms with Crippen LogP contribution in [0.3, 0.4) is 0 Å². The molecule has 1 fully saturated rings. The number of rotatable bonds is 3. The Morgan fingerprint density at radius 1 is 1.15 bits per heavy atom. The Balaban J connectivity index is 1.49. The molecule has 0 bridgehead atoms. The average molecular weight is 366 g/mol. The van der Waals surface area contributed by atoms with Crippen LogP contribution in [-0.4, -0.2) is 40.1 Å². The minimum Gasteiger partial charge on any atom is -0.473 e. The van der Waals surface area contributed by atoms with Gasteiger partial charge in [-0.15, -0.1) is 0 Å². The molecule has 9 heteroatoms. The number of benzene rings is 1. The van der Waals surface area contributed by atoms with Gasteiger partial charge in [0, 0.05) is 44.0 Å². The molecule has 1 aromatic carbocycles. The highest BCUT2D eigenvalue weighted by Crippen LogP contribution is 2.30. The summed E-state index contributed by atoms with van der Waals surface area (Å²) in [4.78, 5) is 21.8. The molecule has 0 saturated carbocycles. The van der Waals surface area contributed by atoms with Crippen LogP contribution in [0.15, 0.2) is 42.9 Å². The van der Waals surface area contributed by atoms with Crippen LogP contribution < -0.4 is 10.1 Å². The SMILES string of the molecule is O=C(Nc1ccc(C(F)(F)F)cc1)N1CCC(Oc2cnccn2)CC1. The number of anilines is 1. The van der Waals surface area contributed by atoms with E-state index in [1.807, 2.05) is 0 Å². The van der Waals surface area contributed by atoms with Crippen LogP contribution in [0.5, 0.6) is 5.88 Å². The third-order valence-electron chi connectivity index (χ3n) is 4.02. The summed E-state index contributed by atoms with van der Waals surface area (Å²) >= 11 is 0. The molecule has 0 aliphatic carbocycles. The maximum Gasteiger partial charge on any atom is 0.416 e. The zero-order valence-electron chi connectivity index (χ0n) is 13.7. The first-order valence-electron chi connectivity index (χ1n) is 8.08. The smallest absolute Gasteiger partial charge is 0.416 e. The maximum atomic E-state index is 12.6. The van der Waals surface area contributed by atoms with Crippen molar-refractivity contribution in [3.63, 3.8) is 0 Å². The second-order valence-electron chi connectivity index (χ2n) is 5.85. The Labute approximate surface area is 148 Å². The van der Waals surface area contributed by atoms with Crippen LogP contribution in [0.2, 0.25) is 0 Å². The molecule has 0 radical (unpaired) electrons. The van der Waals surface area contributed by atoms with E-state index in [1.165, 1.54) is 18.3 Å². The molecule has 1 aliphatic heterocycles. The Morgan fingerprint density at radius 2 is 1.85 bits per heavy atom. The standard InChI is InChI=1S/C17H17F3N4O2/c18-17(19,20)12-1-3-13(4-2-12)23-16(25)24-9-5-14(6-10-24)26-15-11-21-7-8-22-15/h1-4,7-8,11,14H,5-6,9-10H2,(H,23,25). The quantitative estimate of drug-likeness (QED) is 0.902. The van der Waals surface area contributed by atoms with Crippen LogP contribution in [-0.2, 0) is 6.18 Å². The molecule has 1 aliphatic rings. The van der Waals surface area contributed by atoms with Gasteiger partial charge in [0.15, 0.2) is 0 Å². The second-order valence-corrected chi connectivity index (χ2v) is 5.85. The van der Waals surface area contributed by atoms with Crippen molar-refractivity contribution >= 4 is 11.7 Å². The first-order valence-corrected chi connectivity index (χ1v) is 8.08. The number of urea groups is 1. The predicted molar refractivity (Wildman–Crippen MR) is 87.7 cm³/mol. The highest BCUT2D eigenvalue weighted by molar-refractivity contribution is 5.89. The number of carbonyl (C=O) groups excluding carboxylic acids is 1. The average Bonchev–Trinajstić information content (AvgIpc) is 2.63. The molecule has 6 nitrogen and oxygen atoms in total. The third-order valence-corrected chi connectivity index (χ3v) is 4.02. The number of amides is 2. The van der Waals surface area contributed by atoms with E-state index in [0.717, 1.165) is 12.1 Å². The molecule has 1 N–H and O–H groups in total. The number of nitrogens with zero attached hydrogens (tertiary/aromatic N) is 3. The van der Waals surface area contributed by atoms with Crippen molar-refractivity contribution in [2.75, 3.05) is 18.4 Å². The van der Waals surface area contributed by atoms with Gasteiger partial charge in [-0.25, -0.2) is 9.78 Å². The zero-order valence-corrected chi connectivity index (χ0v) is 13.7. The van der Waals surface area contributed by atoms with Gasteiger partial charge >= 0.3 is 12.2 Å². The van der Waals surface area contributed by atoms with Gasteiger partial charge in [-0.05, 0) is 24.3 Å². The van der Waals surface area contributed by atoms with Gasteiger partial charge in [0.1, 0.15) is 6.10 Å². The van der Waals surface area contributed by atoms with E-state index in [-0.39, 0.29) is 12.1 Å². The molecule has 138 valence electrons. The first-order chi connectivity index (χ1) is 12.4. The highest BCUT2D eigenvalue weighted by Gasteiger charge is 2.30. The Kier molecular flexibility index (Phi) is 5.24. The minimum absolute atomic E-state index is 0.0539. The number of alkyl halides is 3. The van der Waals surface area contributed by atoms with E-state index in [1.54, 1.807) is 17.3 Å². The lowest BCUT2D eigenvalue weighted by Crippen LogP contribution is -2.43. The van der Waals surface area contributed by atoms with Crippen molar-refractivity contribution in [3.8, 4) is 5.88 Å². The molecule has 2 aromatic rings. The van der Waals surface area contributed by atoms with Gasteiger partial charge in [0.2, 0.25) is 5.88 Å². The van der Waals surface area contributed by atoms with Crippen molar-refractivity contribution in [1.29, 1.82) is 0 Å². The van der Waals surface area contributed by atoms with E-state index in [4.69, 9.17) is 4.74 Å². The number of nitrogens with one attached hydrogen (secondary N) is 1. The van der Waals surface area contributed by atoms with Gasteiger partial charge in [-0.1, -0.05) is 0 Å². The number of carbonyl (C=O) groups is 1. The van der Waals surface area contributed by atoms with E-state index in [9.17, 15) is 18.0 Å². The third kappa shape index (κ3) is 4.62. The van der Waals surface area contributed by atoms with Crippen molar-refractivity contribution < 1.29 is 22.7 Å². The fourth-order valence-corrected chi connectivity index (χ4v) is 2.64. The molecular weight excluding hydrogens is 349 g/mol. The highest BCUT2D eigenvalue weighted by atomic mass is 19.4. The van der Waals surface area contributed by atoms with Crippen LogP contribution >= 0.6 is 0 Å². The molecular formula is C17H17F3N4O2. The largest absolute Gasteiger partial charge is 0.473 e. The Bertz CT molecular complexity index is 730. The lowest BCUT2D eigenvalue weighted by atomic mass is 10.1. The van der Waals surface area contributed by atoms with Crippen LogP contribution in [0.1, 0.15) is 18.4 Å². The van der Waals surface area contributed by atoms with Crippen molar-refractivity contribution in [3.05, 3.63) is 48.4 Å². The Hall–Kier alpha value is -2.84. The van der Waals surface area contributed by atoms with Gasteiger partial charge in [0.05, 0.1) is 11.8 Å². The molecule has 1 aromatic heterocycles. The summed E-state index contributed by atoms with van der Waals surface area (Å²) in [6.07, 6.45) is 1.45. The normalized spacial score (nSPS) is 15.6. The molecule has 0 atom stereocenters. The van der Waals surface area contributed by atoms with Crippen LogP contribution in [0.25, 0.3) is 0 Å². The lowest BCUT2D eigenvalue weighted by molar-refractivity contribution is -0.137. The maximum absolute atomic E-state index is 12.6. The zero-order chi connectivity index (χ0) is 18.6. The second kappa shape index (κ2) is 7.59. The fraction of sp³-hybridized carbons (Fsp3) is 0.353. The summed E-state index contributed by atoms with van der Waals surface area (Å²) < 4.78 is 43.4. The summed E-state index contributed by atoms with van der Waals surface area (Å²) in [5, 5.41) is 2.61. The number of hydrogen-bond donors (Lipinski definition) is 1. The monoisotopic (exact) mass is 366 g/mol. The summed E-state index contributed by atoms with van der Waals surface area (Å²) in [6.45, 7) is 0.967. The van der Waals surface area contributed by atoms with E-state index in [2.05, 4.69) is 15.3 Å². The van der Waals surface area contributed by atoms with Crippen molar-refractivity contribution in [2.24, 2.45) is 0 Å². The van der Waals surface area contributed by atoms with E-state index < -0.39 is 11.7 Å². The topological polar surface area (TPSA) is 67.4 Å². The van der Waals surface area contributed by atoms with Gasteiger partial charge in [-0.3, -0.25) is 4.98 Å². The van der Waals surface area contributed by atoms with Crippen LogP contribution in [0, 0.1) is 0 Å². The van der Waals surface area contributed by atoms with E-state index >= 15 is 0 Å². The molecule has 3 rings (SSSR count). The van der Waals surface area contributed by atoms with Gasteiger partial charge < -0.3 is 15.0 Å². The molecule has 0 unspecified atom stereocenters. The van der Waals surface area contributed by atoms with Crippen LogP contribution in [0.4, 0.5) is 23.7 Å². The number of ether oxygens (including phenoxy) is 1. The molecule has 2 heterocycles. The fourth-order valence-electron chi connectivity index (χ4n) is 2.64. The minimum atomic E-state index is -4.40. The molecule has 26 heavy (non-hydrogen) atoms. The first kappa shape index (κ1) is 18.0. The lowest BCUT2D eigenvalue weighted by Gasteiger charge is -2.31. The number of hydrogen-bond acceptors (Lipinski definition) is 4. The predicted octanol–water partition coefficient (Wildman–Crippen LogP) is 3.57. The van der Waals surface area contributed by atoms with Crippen molar-refractivity contribution in [1.82, 2.24) is 14.9 Å². The van der Waals surface area contributed by atoms with Gasteiger partial charge in [-0.2, -0.15) is 13.2 Å².